The SMILES string of the molecule is COc1ccc(N2CCN(c3cc(C(=O)O)c4cc(NC(=O)c5ccccc5C)ccc4n3)CC2)cc1.Cl.Cl.Cl. The predicted molar refractivity (Wildman–Crippen MR) is 167 cm³/mol. The second-order valence-corrected chi connectivity index (χ2v) is 9.01. The van der Waals surface area contributed by atoms with Gasteiger partial charge in [-0.2, -0.15) is 0 Å². The molecule has 5 rings (SSSR count). The average molecular weight is 606 g/mol. The number of hydrogen-bond donors (Lipinski definition) is 2. The second kappa shape index (κ2) is 14.1. The molecule has 1 aromatic heterocycles. The molecule has 0 saturated carbocycles. The van der Waals surface area contributed by atoms with Gasteiger partial charge in [-0.05, 0) is 67.1 Å². The molecule has 1 fully saturated rings. The number of amides is 1. The standard InChI is InChI=1S/C29H28N4O4.3ClH/c1-19-5-3-4-6-23(19)28(34)30-20-7-12-26-24(17-20)25(29(35)36)18-27(31-26)33-15-13-32(14-16-33)21-8-10-22(37-2)11-9-21;;;/h3-12,17-18H,13-16H2,1-2H3,(H,30,34)(H,35,36);3*1H. The van der Waals surface area contributed by atoms with Gasteiger partial charge in [0.05, 0.1) is 18.2 Å². The van der Waals surface area contributed by atoms with Gasteiger partial charge in [-0.3, -0.25) is 4.79 Å². The molecular weight excluding hydrogens is 575 g/mol. The number of carbonyl (C=O) groups excluding carboxylic acids is 1. The fourth-order valence-corrected chi connectivity index (χ4v) is 4.64. The van der Waals surface area contributed by atoms with Gasteiger partial charge < -0.3 is 25.0 Å². The molecule has 40 heavy (non-hydrogen) atoms. The number of ether oxygens (including phenoxy) is 1. The first kappa shape index (κ1) is 32.5. The van der Waals surface area contributed by atoms with Gasteiger partial charge in [0.2, 0.25) is 0 Å². The van der Waals surface area contributed by atoms with Crippen LogP contribution < -0.4 is 19.9 Å². The molecule has 3 aromatic carbocycles. The van der Waals surface area contributed by atoms with Crippen molar-refractivity contribution >= 4 is 77.2 Å². The number of aryl methyl sites for hydroxylation is 1. The number of piperazine rings is 1. The van der Waals surface area contributed by atoms with Crippen LogP contribution in [0, 0.1) is 6.92 Å². The Hall–Kier alpha value is -3.72. The first-order valence-electron chi connectivity index (χ1n) is 12.1. The van der Waals surface area contributed by atoms with Crippen molar-refractivity contribution in [1.29, 1.82) is 0 Å². The van der Waals surface area contributed by atoms with Crippen LogP contribution in [-0.4, -0.2) is 55.3 Å². The molecule has 1 saturated heterocycles. The number of carboxylic acid groups (broad SMARTS) is 1. The number of pyridine rings is 1. The molecule has 2 N–H and O–H groups in total. The first-order valence-corrected chi connectivity index (χ1v) is 12.1. The zero-order valence-electron chi connectivity index (χ0n) is 22.0. The smallest absolute Gasteiger partial charge is 0.336 e. The van der Waals surface area contributed by atoms with E-state index in [0.29, 0.717) is 41.1 Å². The third-order valence-corrected chi connectivity index (χ3v) is 6.71. The van der Waals surface area contributed by atoms with Gasteiger partial charge in [0, 0.05) is 48.5 Å². The zero-order chi connectivity index (χ0) is 25.9. The third-order valence-electron chi connectivity index (χ3n) is 6.71. The van der Waals surface area contributed by atoms with E-state index < -0.39 is 5.97 Å². The molecule has 0 radical (unpaired) electrons. The fourth-order valence-electron chi connectivity index (χ4n) is 4.64. The Morgan fingerprint density at radius 1 is 0.850 bits per heavy atom. The summed E-state index contributed by atoms with van der Waals surface area (Å²) >= 11 is 0. The van der Waals surface area contributed by atoms with E-state index in [1.54, 1.807) is 37.4 Å². The molecule has 0 bridgehead atoms. The molecule has 0 atom stereocenters. The number of methoxy groups -OCH3 is 1. The summed E-state index contributed by atoms with van der Waals surface area (Å²) in [6, 6.07) is 22.1. The van der Waals surface area contributed by atoms with Crippen LogP contribution in [0.15, 0.2) is 72.8 Å². The lowest BCUT2D eigenvalue weighted by Crippen LogP contribution is -2.46. The quantitative estimate of drug-likeness (QED) is 0.274. The largest absolute Gasteiger partial charge is 0.497 e. The Morgan fingerprint density at radius 3 is 2.12 bits per heavy atom. The van der Waals surface area contributed by atoms with Crippen molar-refractivity contribution in [3.05, 3.63) is 89.5 Å². The van der Waals surface area contributed by atoms with Crippen LogP contribution in [0.2, 0.25) is 0 Å². The number of anilines is 3. The van der Waals surface area contributed by atoms with Crippen LogP contribution in [0.4, 0.5) is 17.2 Å². The number of carbonyl (C=O) groups is 2. The molecule has 1 aliphatic heterocycles. The average Bonchev–Trinajstić information content (AvgIpc) is 2.92. The van der Waals surface area contributed by atoms with E-state index in [1.165, 1.54) is 0 Å². The normalized spacial score (nSPS) is 12.4. The van der Waals surface area contributed by atoms with Crippen LogP contribution in [0.3, 0.4) is 0 Å². The number of halogens is 3. The highest BCUT2D eigenvalue weighted by Crippen LogP contribution is 2.28. The molecule has 8 nitrogen and oxygen atoms in total. The molecule has 1 amide bonds. The fraction of sp³-hybridized carbons (Fsp3) is 0.207. The molecule has 212 valence electrons. The number of nitrogens with zero attached hydrogens (tertiary/aromatic N) is 3. The number of nitrogens with one attached hydrogen (secondary N) is 1. The number of benzene rings is 3. The minimum absolute atomic E-state index is 0. The van der Waals surface area contributed by atoms with Crippen LogP contribution in [0.5, 0.6) is 5.75 Å². The number of aromatic carboxylic acids is 1. The van der Waals surface area contributed by atoms with E-state index in [2.05, 4.69) is 15.1 Å². The number of hydrogen-bond acceptors (Lipinski definition) is 6. The summed E-state index contributed by atoms with van der Waals surface area (Å²) in [4.78, 5) is 34.1. The lowest BCUT2D eigenvalue weighted by Gasteiger charge is -2.37. The van der Waals surface area contributed by atoms with Crippen molar-refractivity contribution in [3.63, 3.8) is 0 Å². The van der Waals surface area contributed by atoms with E-state index in [9.17, 15) is 14.7 Å². The Balaban J connectivity index is 0.00000187. The van der Waals surface area contributed by atoms with Crippen molar-refractivity contribution < 1.29 is 19.4 Å². The Bertz CT molecular complexity index is 1480. The Kier molecular flexibility index (Phi) is 11.4. The van der Waals surface area contributed by atoms with Gasteiger partial charge in [0.15, 0.2) is 0 Å². The molecular formula is C29H31Cl3N4O4. The highest BCUT2D eigenvalue weighted by molar-refractivity contribution is 6.08. The van der Waals surface area contributed by atoms with Crippen molar-refractivity contribution in [2.24, 2.45) is 0 Å². The summed E-state index contributed by atoms with van der Waals surface area (Å²) in [6.45, 7) is 4.89. The van der Waals surface area contributed by atoms with Gasteiger partial charge in [-0.1, -0.05) is 18.2 Å². The maximum atomic E-state index is 12.8. The van der Waals surface area contributed by atoms with Crippen molar-refractivity contribution in [2.45, 2.75) is 6.92 Å². The van der Waals surface area contributed by atoms with E-state index >= 15 is 0 Å². The summed E-state index contributed by atoms with van der Waals surface area (Å²) < 4.78 is 5.24. The molecule has 1 aliphatic rings. The van der Waals surface area contributed by atoms with Gasteiger partial charge in [0.1, 0.15) is 11.6 Å². The zero-order valence-corrected chi connectivity index (χ0v) is 24.4. The number of fused-ring (bicyclic) bond motifs is 1. The highest BCUT2D eigenvalue weighted by Gasteiger charge is 2.21. The summed E-state index contributed by atoms with van der Waals surface area (Å²) in [5.41, 5.74) is 3.81. The highest BCUT2D eigenvalue weighted by atomic mass is 35.5. The lowest BCUT2D eigenvalue weighted by atomic mass is 10.1. The number of aromatic nitrogens is 1. The van der Waals surface area contributed by atoms with Crippen LogP contribution >= 0.6 is 37.2 Å². The summed E-state index contributed by atoms with van der Waals surface area (Å²) in [5, 5.41) is 13.3. The maximum absolute atomic E-state index is 12.8. The third kappa shape index (κ3) is 6.88. The molecule has 2 heterocycles. The minimum Gasteiger partial charge on any atom is -0.497 e. The molecule has 11 heteroatoms. The van der Waals surface area contributed by atoms with E-state index in [-0.39, 0.29) is 48.7 Å². The number of carboxylic acids is 1. The maximum Gasteiger partial charge on any atom is 0.336 e. The Labute approximate surface area is 251 Å². The van der Waals surface area contributed by atoms with E-state index in [4.69, 9.17) is 9.72 Å². The van der Waals surface area contributed by atoms with Gasteiger partial charge in [-0.15, -0.1) is 37.2 Å². The first-order chi connectivity index (χ1) is 17.9. The van der Waals surface area contributed by atoms with Crippen LogP contribution in [0.25, 0.3) is 10.9 Å². The van der Waals surface area contributed by atoms with Crippen molar-refractivity contribution in [3.8, 4) is 5.75 Å². The van der Waals surface area contributed by atoms with Gasteiger partial charge in [0.25, 0.3) is 5.91 Å². The summed E-state index contributed by atoms with van der Waals surface area (Å²) in [7, 11) is 1.65. The van der Waals surface area contributed by atoms with Crippen LogP contribution in [0.1, 0.15) is 26.3 Å². The van der Waals surface area contributed by atoms with E-state index in [1.807, 2.05) is 49.4 Å². The predicted octanol–water partition coefficient (Wildman–Crippen LogP) is 6.09. The van der Waals surface area contributed by atoms with Gasteiger partial charge >= 0.3 is 5.97 Å². The van der Waals surface area contributed by atoms with Crippen molar-refractivity contribution in [1.82, 2.24) is 4.98 Å². The molecule has 0 aliphatic carbocycles. The lowest BCUT2D eigenvalue weighted by molar-refractivity contribution is 0.0698. The summed E-state index contributed by atoms with van der Waals surface area (Å²) in [5.74, 6) is 0.180. The second-order valence-electron chi connectivity index (χ2n) is 9.01. The number of rotatable bonds is 6. The van der Waals surface area contributed by atoms with Gasteiger partial charge in [-0.25, -0.2) is 9.78 Å². The monoisotopic (exact) mass is 604 g/mol. The molecule has 0 spiro atoms. The molecule has 4 aromatic rings. The van der Waals surface area contributed by atoms with Crippen LogP contribution in [-0.2, 0) is 0 Å². The van der Waals surface area contributed by atoms with E-state index in [0.717, 1.165) is 30.1 Å². The summed E-state index contributed by atoms with van der Waals surface area (Å²) in [6.07, 6.45) is 0. The molecule has 0 unspecified atom stereocenters. The van der Waals surface area contributed by atoms with Crippen molar-refractivity contribution in [2.75, 3.05) is 48.4 Å². The topological polar surface area (TPSA) is 95.0 Å². The minimum atomic E-state index is -1.03. The Morgan fingerprint density at radius 2 is 1.50 bits per heavy atom.